The van der Waals surface area contributed by atoms with Gasteiger partial charge in [0.1, 0.15) is 12.4 Å². The normalized spacial score (nSPS) is 15.3. The number of hydrogen-bond donors (Lipinski definition) is 3. The Labute approximate surface area is 132 Å². The molecule has 2 heterocycles. The van der Waals surface area contributed by atoms with Gasteiger partial charge in [-0.2, -0.15) is 0 Å². The molecule has 1 aliphatic rings. The Kier molecular flexibility index (Phi) is 4.19. The van der Waals surface area contributed by atoms with Crippen molar-refractivity contribution in [3.05, 3.63) is 23.1 Å². The molecule has 1 atom stereocenters. The average molecular weight is 321 g/mol. The van der Waals surface area contributed by atoms with E-state index in [1.165, 1.54) is 11.3 Å². The maximum absolute atomic E-state index is 9.71. The fourth-order valence-electron chi connectivity index (χ4n) is 2.61. The minimum Gasteiger partial charge on any atom is -0.490 e. The van der Waals surface area contributed by atoms with Gasteiger partial charge in [0.05, 0.1) is 30.6 Å². The molecule has 0 radical (unpaired) electrons. The second-order valence-electron chi connectivity index (χ2n) is 5.27. The fourth-order valence-corrected chi connectivity index (χ4v) is 3.32. The molecule has 7 heteroatoms. The molecule has 1 aliphatic heterocycles. The molecule has 0 bridgehead atoms. The van der Waals surface area contributed by atoms with Gasteiger partial charge in [-0.25, -0.2) is 4.98 Å². The van der Waals surface area contributed by atoms with Crippen molar-refractivity contribution in [2.45, 2.75) is 13.0 Å². The van der Waals surface area contributed by atoms with Gasteiger partial charge in [0.15, 0.2) is 5.13 Å². The zero-order chi connectivity index (χ0) is 15.7. The molecule has 0 saturated carbocycles. The first-order valence-electron chi connectivity index (χ1n) is 7.12. The number of ether oxygens (including phenoxy) is 1. The van der Waals surface area contributed by atoms with Crippen LogP contribution in [0.15, 0.2) is 18.2 Å². The standard InChI is InChI=1S/C15H19N3O3S/c1-9-14(17-15(16)22-9)10-2-3-13-12(6-10)18(4-5-21-13)7-11(20)8-19/h2-3,6,11,19-20H,4-5,7-8H2,1H3,(H2,16,17). The molecule has 1 aromatic carbocycles. The third-order valence-corrected chi connectivity index (χ3v) is 4.45. The summed E-state index contributed by atoms with van der Waals surface area (Å²) in [6.07, 6.45) is -0.772. The molecule has 0 spiro atoms. The van der Waals surface area contributed by atoms with Gasteiger partial charge in [-0.3, -0.25) is 0 Å². The lowest BCUT2D eigenvalue weighted by Gasteiger charge is -2.32. The summed E-state index contributed by atoms with van der Waals surface area (Å²) in [6, 6.07) is 5.88. The van der Waals surface area contributed by atoms with Crippen LogP contribution in [0.4, 0.5) is 10.8 Å². The lowest BCUT2D eigenvalue weighted by molar-refractivity contribution is 0.0984. The predicted octanol–water partition coefficient (Wildman–Crippen LogP) is 1.25. The van der Waals surface area contributed by atoms with Crippen molar-refractivity contribution in [2.24, 2.45) is 0 Å². The number of nitrogens with two attached hydrogens (primary N) is 1. The van der Waals surface area contributed by atoms with Crippen LogP contribution in [0.25, 0.3) is 11.3 Å². The Morgan fingerprint density at radius 3 is 3.00 bits per heavy atom. The molecule has 0 fully saturated rings. The summed E-state index contributed by atoms with van der Waals surface area (Å²) in [4.78, 5) is 7.47. The average Bonchev–Trinajstić information content (AvgIpc) is 2.85. The largest absolute Gasteiger partial charge is 0.490 e. The van der Waals surface area contributed by atoms with Crippen molar-refractivity contribution in [1.82, 2.24) is 4.98 Å². The minimum absolute atomic E-state index is 0.256. The summed E-state index contributed by atoms with van der Waals surface area (Å²) < 4.78 is 5.67. The molecule has 0 aliphatic carbocycles. The number of fused-ring (bicyclic) bond motifs is 1. The number of β-amino-alcohol motifs (C(OH)–C–C–N with tert-alkyl or cyclic N) is 1. The summed E-state index contributed by atoms with van der Waals surface area (Å²) in [7, 11) is 0. The number of nitrogen functional groups attached to an aromatic ring is 1. The quantitative estimate of drug-likeness (QED) is 0.785. The zero-order valence-corrected chi connectivity index (χ0v) is 13.1. The number of thiazole rings is 1. The van der Waals surface area contributed by atoms with Crippen LogP contribution in [0.2, 0.25) is 0 Å². The molecule has 118 valence electrons. The van der Waals surface area contributed by atoms with Crippen LogP contribution in [0, 0.1) is 6.92 Å². The summed E-state index contributed by atoms with van der Waals surface area (Å²) in [6.45, 7) is 3.34. The van der Waals surface area contributed by atoms with Gasteiger partial charge >= 0.3 is 0 Å². The lowest BCUT2D eigenvalue weighted by Crippen LogP contribution is -2.39. The third-order valence-electron chi connectivity index (χ3n) is 3.65. The molecule has 0 amide bonds. The van der Waals surface area contributed by atoms with E-state index >= 15 is 0 Å². The lowest BCUT2D eigenvalue weighted by atomic mass is 10.1. The van der Waals surface area contributed by atoms with Gasteiger partial charge in [-0.15, -0.1) is 11.3 Å². The monoisotopic (exact) mass is 321 g/mol. The second kappa shape index (κ2) is 6.12. The number of nitrogens with zero attached hydrogens (tertiary/aromatic N) is 2. The molecular weight excluding hydrogens is 302 g/mol. The first-order valence-corrected chi connectivity index (χ1v) is 7.94. The van der Waals surface area contributed by atoms with Crippen LogP contribution >= 0.6 is 11.3 Å². The molecule has 2 aromatic rings. The number of aromatic nitrogens is 1. The zero-order valence-electron chi connectivity index (χ0n) is 12.3. The first-order chi connectivity index (χ1) is 10.6. The van der Waals surface area contributed by atoms with E-state index < -0.39 is 6.10 Å². The van der Waals surface area contributed by atoms with Gasteiger partial charge in [-0.05, 0) is 25.1 Å². The summed E-state index contributed by atoms with van der Waals surface area (Å²) in [5, 5.41) is 19.3. The third kappa shape index (κ3) is 2.87. The van der Waals surface area contributed by atoms with Crippen LogP contribution in [0.5, 0.6) is 5.75 Å². The molecular formula is C15H19N3O3S. The van der Waals surface area contributed by atoms with Gasteiger partial charge < -0.3 is 25.6 Å². The van der Waals surface area contributed by atoms with Crippen LogP contribution < -0.4 is 15.4 Å². The molecule has 22 heavy (non-hydrogen) atoms. The number of hydrogen-bond acceptors (Lipinski definition) is 7. The molecule has 1 aromatic heterocycles. The Morgan fingerprint density at radius 2 is 2.32 bits per heavy atom. The highest BCUT2D eigenvalue weighted by atomic mass is 32.1. The number of benzene rings is 1. The van der Waals surface area contributed by atoms with E-state index in [0.29, 0.717) is 24.8 Å². The van der Waals surface area contributed by atoms with Gasteiger partial charge in [-0.1, -0.05) is 0 Å². The Bertz CT molecular complexity index is 674. The van der Waals surface area contributed by atoms with E-state index in [-0.39, 0.29) is 6.61 Å². The van der Waals surface area contributed by atoms with Crippen molar-refractivity contribution in [2.75, 3.05) is 36.9 Å². The number of aryl methyl sites for hydroxylation is 1. The Morgan fingerprint density at radius 1 is 1.50 bits per heavy atom. The highest BCUT2D eigenvalue weighted by Gasteiger charge is 2.21. The maximum atomic E-state index is 9.71. The molecule has 3 rings (SSSR count). The van der Waals surface area contributed by atoms with E-state index in [0.717, 1.165) is 27.6 Å². The van der Waals surface area contributed by atoms with Crippen molar-refractivity contribution in [3.8, 4) is 17.0 Å². The van der Waals surface area contributed by atoms with E-state index in [1.54, 1.807) is 0 Å². The number of aliphatic hydroxyl groups excluding tert-OH is 2. The van der Waals surface area contributed by atoms with Crippen LogP contribution in [-0.4, -0.2) is 47.6 Å². The number of aliphatic hydroxyl groups is 2. The predicted molar refractivity (Wildman–Crippen MR) is 87.5 cm³/mol. The Balaban J connectivity index is 1.96. The summed E-state index contributed by atoms with van der Waals surface area (Å²) in [5.41, 5.74) is 8.53. The molecule has 0 saturated heterocycles. The highest BCUT2D eigenvalue weighted by Crippen LogP contribution is 2.37. The number of anilines is 2. The minimum atomic E-state index is -0.772. The van der Waals surface area contributed by atoms with Gasteiger partial charge in [0.25, 0.3) is 0 Å². The van der Waals surface area contributed by atoms with E-state index in [9.17, 15) is 5.11 Å². The Hall–Kier alpha value is -1.83. The topological polar surface area (TPSA) is 91.8 Å². The highest BCUT2D eigenvalue weighted by molar-refractivity contribution is 7.15. The molecule has 4 N–H and O–H groups in total. The van der Waals surface area contributed by atoms with E-state index in [1.807, 2.05) is 30.0 Å². The van der Waals surface area contributed by atoms with E-state index in [4.69, 9.17) is 15.6 Å². The van der Waals surface area contributed by atoms with Crippen LogP contribution in [0.1, 0.15) is 4.88 Å². The maximum Gasteiger partial charge on any atom is 0.180 e. The summed E-state index contributed by atoms with van der Waals surface area (Å²) >= 11 is 1.47. The van der Waals surface area contributed by atoms with Crippen molar-refractivity contribution in [3.63, 3.8) is 0 Å². The van der Waals surface area contributed by atoms with Gasteiger partial charge in [0.2, 0.25) is 0 Å². The van der Waals surface area contributed by atoms with Crippen molar-refractivity contribution < 1.29 is 14.9 Å². The second-order valence-corrected chi connectivity index (χ2v) is 6.51. The molecule has 6 nitrogen and oxygen atoms in total. The van der Waals surface area contributed by atoms with Crippen LogP contribution in [0.3, 0.4) is 0 Å². The molecule has 1 unspecified atom stereocenters. The summed E-state index contributed by atoms with van der Waals surface area (Å²) in [5.74, 6) is 0.779. The fraction of sp³-hybridized carbons (Fsp3) is 0.400. The first kappa shape index (κ1) is 15.1. The van der Waals surface area contributed by atoms with E-state index in [2.05, 4.69) is 4.98 Å². The van der Waals surface area contributed by atoms with Crippen molar-refractivity contribution >= 4 is 22.2 Å². The van der Waals surface area contributed by atoms with Gasteiger partial charge in [0, 0.05) is 17.0 Å². The van der Waals surface area contributed by atoms with Crippen LogP contribution in [-0.2, 0) is 0 Å². The van der Waals surface area contributed by atoms with Crippen molar-refractivity contribution in [1.29, 1.82) is 0 Å². The number of rotatable bonds is 4. The smallest absolute Gasteiger partial charge is 0.180 e. The SMILES string of the molecule is Cc1sc(N)nc1-c1ccc2c(c1)N(CC(O)CO)CCO2.